The third kappa shape index (κ3) is 5.34. The standard InChI is InChI=1S/C10H17F3N2O/c11-10(12,13)5-1-2-6-15-9(16)8-4-3-7-14-8/h8,14H,1-7H2,(H,15,16)/t8-/m1/s1. The van der Waals surface area contributed by atoms with Crippen LogP contribution in [0.1, 0.15) is 32.1 Å². The van der Waals surface area contributed by atoms with Gasteiger partial charge in [-0.25, -0.2) is 0 Å². The number of hydrogen-bond donors (Lipinski definition) is 2. The van der Waals surface area contributed by atoms with Gasteiger partial charge in [-0.15, -0.1) is 0 Å². The van der Waals surface area contributed by atoms with E-state index in [0.29, 0.717) is 13.0 Å². The second-order valence-electron chi connectivity index (χ2n) is 4.01. The molecule has 94 valence electrons. The van der Waals surface area contributed by atoms with Gasteiger partial charge in [-0.2, -0.15) is 13.2 Å². The van der Waals surface area contributed by atoms with Crippen LogP contribution in [-0.2, 0) is 4.79 Å². The molecular formula is C10H17F3N2O. The van der Waals surface area contributed by atoms with E-state index < -0.39 is 12.6 Å². The minimum Gasteiger partial charge on any atom is -0.355 e. The predicted octanol–water partition coefficient (Wildman–Crippen LogP) is 1.59. The Morgan fingerprint density at radius 2 is 2.12 bits per heavy atom. The zero-order valence-electron chi connectivity index (χ0n) is 9.07. The van der Waals surface area contributed by atoms with E-state index in [-0.39, 0.29) is 18.4 Å². The van der Waals surface area contributed by atoms with Gasteiger partial charge in [0.15, 0.2) is 0 Å². The van der Waals surface area contributed by atoms with Gasteiger partial charge < -0.3 is 10.6 Å². The Morgan fingerprint density at radius 3 is 2.69 bits per heavy atom. The Bertz CT molecular complexity index is 225. The number of nitrogens with one attached hydrogen (secondary N) is 2. The summed E-state index contributed by atoms with van der Waals surface area (Å²) in [5.74, 6) is -0.0930. The quantitative estimate of drug-likeness (QED) is 0.714. The van der Waals surface area contributed by atoms with Crippen LogP contribution >= 0.6 is 0 Å². The summed E-state index contributed by atoms with van der Waals surface area (Å²) in [4.78, 5) is 11.4. The van der Waals surface area contributed by atoms with Crippen LogP contribution in [0.2, 0.25) is 0 Å². The minimum absolute atomic E-state index is 0.0713. The van der Waals surface area contributed by atoms with Crippen molar-refractivity contribution in [2.45, 2.75) is 44.3 Å². The van der Waals surface area contributed by atoms with Crippen molar-refractivity contribution in [3.63, 3.8) is 0 Å². The van der Waals surface area contributed by atoms with E-state index in [4.69, 9.17) is 0 Å². The number of halogens is 3. The number of amides is 1. The molecule has 2 N–H and O–H groups in total. The number of alkyl halides is 3. The van der Waals surface area contributed by atoms with E-state index in [2.05, 4.69) is 10.6 Å². The number of unbranched alkanes of at least 4 members (excludes halogenated alkanes) is 1. The Labute approximate surface area is 92.8 Å². The van der Waals surface area contributed by atoms with Gasteiger partial charge in [0.2, 0.25) is 5.91 Å². The molecule has 1 heterocycles. The molecule has 3 nitrogen and oxygen atoms in total. The smallest absolute Gasteiger partial charge is 0.355 e. The van der Waals surface area contributed by atoms with Crippen molar-refractivity contribution in [1.82, 2.24) is 10.6 Å². The van der Waals surface area contributed by atoms with Crippen LogP contribution < -0.4 is 10.6 Å². The first-order valence-corrected chi connectivity index (χ1v) is 5.57. The van der Waals surface area contributed by atoms with Crippen LogP contribution in [-0.4, -0.2) is 31.2 Å². The zero-order valence-corrected chi connectivity index (χ0v) is 9.07. The first-order chi connectivity index (χ1) is 7.49. The maximum Gasteiger partial charge on any atom is 0.389 e. The van der Waals surface area contributed by atoms with Crippen LogP contribution in [0.25, 0.3) is 0 Å². The van der Waals surface area contributed by atoms with E-state index >= 15 is 0 Å². The zero-order chi connectivity index (χ0) is 12.0. The normalized spacial score (nSPS) is 21.1. The largest absolute Gasteiger partial charge is 0.389 e. The molecule has 0 spiro atoms. The van der Waals surface area contributed by atoms with Gasteiger partial charge in [-0.05, 0) is 32.2 Å². The van der Waals surface area contributed by atoms with Gasteiger partial charge >= 0.3 is 6.18 Å². The maximum atomic E-state index is 11.8. The van der Waals surface area contributed by atoms with Crippen LogP contribution in [0.3, 0.4) is 0 Å². The summed E-state index contributed by atoms with van der Waals surface area (Å²) < 4.78 is 35.4. The minimum atomic E-state index is -4.09. The van der Waals surface area contributed by atoms with E-state index in [1.54, 1.807) is 0 Å². The highest BCUT2D eigenvalue weighted by molar-refractivity contribution is 5.81. The lowest BCUT2D eigenvalue weighted by molar-refractivity contribution is -0.135. The molecule has 0 unspecified atom stereocenters. The number of carbonyl (C=O) groups excluding carboxylic acids is 1. The van der Waals surface area contributed by atoms with Crippen molar-refractivity contribution >= 4 is 5.91 Å². The highest BCUT2D eigenvalue weighted by Gasteiger charge is 2.26. The van der Waals surface area contributed by atoms with Crippen molar-refractivity contribution < 1.29 is 18.0 Å². The molecule has 16 heavy (non-hydrogen) atoms. The maximum absolute atomic E-state index is 11.8. The molecule has 0 aromatic heterocycles. The topological polar surface area (TPSA) is 41.1 Å². The summed E-state index contributed by atoms with van der Waals surface area (Å²) in [5.41, 5.74) is 0. The number of hydrogen-bond acceptors (Lipinski definition) is 2. The van der Waals surface area contributed by atoms with Crippen molar-refractivity contribution in [1.29, 1.82) is 0 Å². The monoisotopic (exact) mass is 238 g/mol. The molecule has 0 saturated carbocycles. The summed E-state index contributed by atoms with van der Waals surface area (Å²) in [5, 5.41) is 5.67. The van der Waals surface area contributed by atoms with E-state index in [9.17, 15) is 18.0 Å². The average molecular weight is 238 g/mol. The fourth-order valence-electron chi connectivity index (χ4n) is 1.69. The Balaban J connectivity index is 2.00. The lowest BCUT2D eigenvalue weighted by Gasteiger charge is -2.11. The van der Waals surface area contributed by atoms with Crippen LogP contribution in [0, 0.1) is 0 Å². The van der Waals surface area contributed by atoms with Gasteiger partial charge in [0.1, 0.15) is 0 Å². The lowest BCUT2D eigenvalue weighted by Crippen LogP contribution is -2.40. The lowest BCUT2D eigenvalue weighted by atomic mass is 10.2. The van der Waals surface area contributed by atoms with Crippen molar-refractivity contribution in [3.05, 3.63) is 0 Å². The summed E-state index contributed by atoms with van der Waals surface area (Å²) in [6.45, 7) is 1.17. The second kappa shape index (κ2) is 6.08. The summed E-state index contributed by atoms with van der Waals surface area (Å²) in [7, 11) is 0. The summed E-state index contributed by atoms with van der Waals surface area (Å²) in [6, 6.07) is -0.150. The fourth-order valence-corrected chi connectivity index (χ4v) is 1.69. The van der Waals surface area contributed by atoms with Gasteiger partial charge in [-0.1, -0.05) is 0 Å². The molecule has 1 aliphatic rings. The molecule has 1 atom stereocenters. The van der Waals surface area contributed by atoms with Gasteiger partial charge in [-0.3, -0.25) is 4.79 Å². The first kappa shape index (κ1) is 13.3. The molecule has 0 aliphatic carbocycles. The molecule has 0 radical (unpaired) electrons. The molecule has 0 bridgehead atoms. The molecule has 1 amide bonds. The van der Waals surface area contributed by atoms with E-state index in [1.807, 2.05) is 0 Å². The first-order valence-electron chi connectivity index (χ1n) is 5.57. The van der Waals surface area contributed by atoms with Crippen LogP contribution in [0.15, 0.2) is 0 Å². The summed E-state index contributed by atoms with van der Waals surface area (Å²) >= 11 is 0. The molecule has 0 aromatic carbocycles. The second-order valence-corrected chi connectivity index (χ2v) is 4.01. The third-order valence-corrected chi connectivity index (χ3v) is 2.56. The SMILES string of the molecule is O=C(NCCCCC(F)(F)F)[C@H]1CCCN1. The highest BCUT2D eigenvalue weighted by Crippen LogP contribution is 2.21. The Morgan fingerprint density at radius 1 is 1.38 bits per heavy atom. The number of rotatable bonds is 5. The van der Waals surface area contributed by atoms with E-state index in [0.717, 1.165) is 19.4 Å². The van der Waals surface area contributed by atoms with Gasteiger partial charge in [0, 0.05) is 13.0 Å². The van der Waals surface area contributed by atoms with E-state index in [1.165, 1.54) is 0 Å². The molecule has 1 saturated heterocycles. The number of carbonyl (C=O) groups is 1. The molecule has 0 aromatic rings. The Hall–Kier alpha value is -0.780. The Kier molecular flexibility index (Phi) is 5.05. The molecule has 1 rings (SSSR count). The van der Waals surface area contributed by atoms with Crippen molar-refractivity contribution in [3.8, 4) is 0 Å². The predicted molar refractivity (Wildman–Crippen MR) is 53.9 cm³/mol. The fraction of sp³-hybridized carbons (Fsp3) is 0.900. The van der Waals surface area contributed by atoms with Gasteiger partial charge in [0.05, 0.1) is 6.04 Å². The average Bonchev–Trinajstić information content (AvgIpc) is 2.67. The molecule has 1 aliphatic heterocycles. The molecular weight excluding hydrogens is 221 g/mol. The van der Waals surface area contributed by atoms with Crippen LogP contribution in [0.4, 0.5) is 13.2 Å². The molecule has 6 heteroatoms. The van der Waals surface area contributed by atoms with Crippen molar-refractivity contribution in [2.24, 2.45) is 0 Å². The highest BCUT2D eigenvalue weighted by atomic mass is 19.4. The third-order valence-electron chi connectivity index (χ3n) is 2.56. The molecule has 1 fully saturated rings. The summed E-state index contributed by atoms with van der Waals surface area (Å²) in [6.07, 6.45) is -2.62. The van der Waals surface area contributed by atoms with Gasteiger partial charge in [0.25, 0.3) is 0 Å². The van der Waals surface area contributed by atoms with Crippen LogP contribution in [0.5, 0.6) is 0 Å². The van der Waals surface area contributed by atoms with Crippen molar-refractivity contribution in [2.75, 3.05) is 13.1 Å².